The number of aromatic nitrogens is 6. The minimum atomic E-state index is 0.693. The third kappa shape index (κ3) is 2.13. The van der Waals surface area contributed by atoms with Crippen LogP contribution >= 0.6 is 0 Å². The van der Waals surface area contributed by atoms with Crippen LogP contribution in [0.1, 0.15) is 30.3 Å². The lowest BCUT2D eigenvalue weighted by molar-refractivity contribution is 0.495. The predicted octanol–water partition coefficient (Wildman–Crippen LogP) is 0.0327. The number of rotatable bonds is 4. The average Bonchev–Trinajstić information content (AvgIpc) is 2.97. The van der Waals surface area contributed by atoms with Gasteiger partial charge in [0.05, 0.1) is 13.1 Å². The van der Waals surface area contributed by atoms with E-state index in [-0.39, 0.29) is 0 Å². The van der Waals surface area contributed by atoms with Crippen LogP contribution in [-0.4, -0.2) is 29.5 Å². The highest BCUT2D eigenvalue weighted by molar-refractivity contribution is 4.98. The Morgan fingerprint density at radius 1 is 1.17 bits per heavy atom. The van der Waals surface area contributed by atoms with Gasteiger partial charge in [0.1, 0.15) is 23.8 Å². The molecular formula is C11H17N7. The van der Waals surface area contributed by atoms with Crippen molar-refractivity contribution in [1.82, 2.24) is 34.8 Å². The molecule has 18 heavy (non-hydrogen) atoms. The second-order valence-corrected chi connectivity index (χ2v) is 4.60. The molecule has 0 aliphatic carbocycles. The first kappa shape index (κ1) is 11.3. The number of nitrogens with one attached hydrogen (secondary N) is 1. The van der Waals surface area contributed by atoms with Crippen LogP contribution in [0.25, 0.3) is 0 Å². The summed E-state index contributed by atoms with van der Waals surface area (Å²) in [4.78, 5) is 0. The van der Waals surface area contributed by atoms with Gasteiger partial charge in [-0.05, 0) is 12.8 Å². The fraction of sp³-hybridized carbons (Fsp3) is 0.636. The molecule has 2 aromatic heterocycles. The Bertz CT molecular complexity index is 527. The molecule has 2 aromatic rings. The molecule has 7 heteroatoms. The van der Waals surface area contributed by atoms with Crippen LogP contribution in [-0.2, 0) is 33.1 Å². The molecule has 0 unspecified atom stereocenters. The zero-order chi connectivity index (χ0) is 12.4. The van der Waals surface area contributed by atoms with Crippen molar-refractivity contribution in [3.8, 4) is 0 Å². The van der Waals surface area contributed by atoms with Gasteiger partial charge < -0.3 is 14.5 Å². The number of fused-ring (bicyclic) bond motifs is 1. The van der Waals surface area contributed by atoms with Gasteiger partial charge in [0.25, 0.3) is 0 Å². The fourth-order valence-electron chi connectivity index (χ4n) is 2.25. The quantitative estimate of drug-likeness (QED) is 0.825. The van der Waals surface area contributed by atoms with E-state index in [2.05, 4.69) is 30.3 Å². The van der Waals surface area contributed by atoms with E-state index in [1.807, 2.05) is 11.6 Å². The van der Waals surface area contributed by atoms with Crippen LogP contribution in [0.4, 0.5) is 0 Å². The molecule has 1 aliphatic heterocycles. The van der Waals surface area contributed by atoms with E-state index in [4.69, 9.17) is 0 Å². The summed E-state index contributed by atoms with van der Waals surface area (Å²) in [5.41, 5.74) is 0. The van der Waals surface area contributed by atoms with Crippen LogP contribution in [0.15, 0.2) is 6.33 Å². The number of hydrogen-bond donors (Lipinski definition) is 1. The molecule has 0 saturated heterocycles. The lowest BCUT2D eigenvalue weighted by Gasteiger charge is -2.14. The third-order valence-electron chi connectivity index (χ3n) is 3.31. The van der Waals surface area contributed by atoms with Crippen molar-refractivity contribution in [3.05, 3.63) is 23.8 Å². The molecule has 0 bridgehead atoms. The second kappa shape index (κ2) is 4.85. The first-order chi connectivity index (χ1) is 8.84. The Kier molecular flexibility index (Phi) is 3.06. The summed E-state index contributed by atoms with van der Waals surface area (Å²) < 4.78 is 4.14. The van der Waals surface area contributed by atoms with Crippen LogP contribution in [0.5, 0.6) is 0 Å². The second-order valence-electron chi connectivity index (χ2n) is 4.60. The van der Waals surface area contributed by atoms with Gasteiger partial charge >= 0.3 is 0 Å². The van der Waals surface area contributed by atoms with Crippen LogP contribution < -0.4 is 5.32 Å². The number of aryl methyl sites for hydroxylation is 2. The normalized spacial score (nSPS) is 14.7. The topological polar surface area (TPSA) is 73.5 Å². The molecule has 3 rings (SSSR count). The van der Waals surface area contributed by atoms with Gasteiger partial charge in [-0.1, -0.05) is 0 Å². The Labute approximate surface area is 105 Å². The van der Waals surface area contributed by atoms with Gasteiger partial charge in [0, 0.05) is 20.0 Å². The van der Waals surface area contributed by atoms with Gasteiger partial charge in [-0.2, -0.15) is 0 Å². The molecule has 0 spiro atoms. The highest BCUT2D eigenvalue weighted by Crippen LogP contribution is 2.13. The molecule has 1 aliphatic rings. The van der Waals surface area contributed by atoms with Crippen LogP contribution in [0, 0.1) is 0 Å². The first-order valence-corrected chi connectivity index (χ1v) is 6.29. The van der Waals surface area contributed by atoms with Crippen molar-refractivity contribution in [3.63, 3.8) is 0 Å². The molecule has 7 nitrogen and oxygen atoms in total. The van der Waals surface area contributed by atoms with E-state index >= 15 is 0 Å². The van der Waals surface area contributed by atoms with Crippen molar-refractivity contribution >= 4 is 0 Å². The van der Waals surface area contributed by atoms with Crippen molar-refractivity contribution in [2.24, 2.45) is 7.05 Å². The maximum absolute atomic E-state index is 4.25. The maximum atomic E-state index is 4.25. The SMILES string of the molecule is Cn1cnnc1CNCc1nnc2n1CCCC2. The largest absolute Gasteiger partial charge is 0.320 e. The van der Waals surface area contributed by atoms with Crippen molar-refractivity contribution in [2.45, 2.75) is 38.9 Å². The van der Waals surface area contributed by atoms with E-state index in [1.165, 1.54) is 12.8 Å². The average molecular weight is 247 g/mol. The predicted molar refractivity (Wildman–Crippen MR) is 64.5 cm³/mol. The lowest BCUT2D eigenvalue weighted by Crippen LogP contribution is -2.20. The Hall–Kier alpha value is -1.76. The summed E-state index contributed by atoms with van der Waals surface area (Å²) in [6.45, 7) is 2.46. The van der Waals surface area contributed by atoms with Gasteiger partial charge in [-0.25, -0.2) is 0 Å². The van der Waals surface area contributed by atoms with Gasteiger partial charge in [-0.3, -0.25) is 0 Å². The van der Waals surface area contributed by atoms with Crippen LogP contribution in [0.2, 0.25) is 0 Å². The van der Waals surface area contributed by atoms with Crippen molar-refractivity contribution < 1.29 is 0 Å². The molecular weight excluding hydrogens is 230 g/mol. The summed E-state index contributed by atoms with van der Waals surface area (Å²) in [5.74, 6) is 3.07. The molecule has 0 atom stereocenters. The molecule has 1 N–H and O–H groups in total. The summed E-state index contributed by atoms with van der Waals surface area (Å²) >= 11 is 0. The van der Waals surface area contributed by atoms with Crippen molar-refractivity contribution in [1.29, 1.82) is 0 Å². The van der Waals surface area contributed by atoms with Gasteiger partial charge in [-0.15, -0.1) is 20.4 Å². The summed E-state index contributed by atoms with van der Waals surface area (Å²) in [6, 6.07) is 0. The molecule has 0 saturated carbocycles. The van der Waals surface area contributed by atoms with E-state index < -0.39 is 0 Å². The molecule has 0 radical (unpaired) electrons. The highest BCUT2D eigenvalue weighted by Gasteiger charge is 2.15. The van der Waals surface area contributed by atoms with E-state index in [0.29, 0.717) is 6.54 Å². The summed E-state index contributed by atoms with van der Waals surface area (Å²) in [7, 11) is 1.94. The third-order valence-corrected chi connectivity index (χ3v) is 3.31. The van der Waals surface area contributed by atoms with Gasteiger partial charge in [0.2, 0.25) is 0 Å². The maximum Gasteiger partial charge on any atom is 0.147 e. The van der Waals surface area contributed by atoms with Gasteiger partial charge in [0.15, 0.2) is 0 Å². The molecule has 96 valence electrons. The minimum absolute atomic E-state index is 0.693. The Morgan fingerprint density at radius 3 is 2.89 bits per heavy atom. The molecule has 3 heterocycles. The monoisotopic (exact) mass is 247 g/mol. The van der Waals surface area contributed by atoms with E-state index in [1.54, 1.807) is 6.33 Å². The lowest BCUT2D eigenvalue weighted by atomic mass is 10.2. The highest BCUT2D eigenvalue weighted by atomic mass is 15.3. The first-order valence-electron chi connectivity index (χ1n) is 6.29. The molecule has 0 fully saturated rings. The summed E-state index contributed by atoms with van der Waals surface area (Å²) in [6.07, 6.45) is 5.21. The zero-order valence-corrected chi connectivity index (χ0v) is 10.5. The van der Waals surface area contributed by atoms with Crippen molar-refractivity contribution in [2.75, 3.05) is 0 Å². The number of nitrogens with zero attached hydrogens (tertiary/aromatic N) is 6. The minimum Gasteiger partial charge on any atom is -0.320 e. The molecule has 0 amide bonds. The van der Waals surface area contributed by atoms with E-state index in [9.17, 15) is 0 Å². The smallest absolute Gasteiger partial charge is 0.147 e. The Balaban J connectivity index is 1.60. The fourth-order valence-corrected chi connectivity index (χ4v) is 2.25. The Morgan fingerprint density at radius 2 is 2.06 bits per heavy atom. The summed E-state index contributed by atoms with van der Waals surface area (Å²) in [5, 5.41) is 19.7. The zero-order valence-electron chi connectivity index (χ0n) is 10.5. The van der Waals surface area contributed by atoms with Crippen LogP contribution in [0.3, 0.4) is 0 Å². The standard InChI is InChI=1S/C11H17N7/c1-17-8-13-14-10(17)6-12-7-11-16-15-9-4-2-3-5-18(9)11/h8,12H,2-7H2,1H3. The number of hydrogen-bond acceptors (Lipinski definition) is 5. The van der Waals surface area contributed by atoms with E-state index in [0.717, 1.165) is 37.0 Å². The molecule has 0 aromatic carbocycles.